The molecule has 0 aromatic carbocycles. The minimum atomic E-state index is -0.557. The van der Waals surface area contributed by atoms with Gasteiger partial charge in [0.15, 0.2) is 5.82 Å². The number of amides is 1. The third-order valence-electron chi connectivity index (χ3n) is 2.13. The van der Waals surface area contributed by atoms with Crippen LogP contribution in [0.4, 0.5) is 5.95 Å². The molecule has 0 spiro atoms. The number of rotatable bonds is 1. The normalized spacial score (nSPS) is 20.3. The van der Waals surface area contributed by atoms with Gasteiger partial charge in [-0.3, -0.25) is 10.1 Å². The molecule has 76 valence electrons. The number of hydrogen-bond donors (Lipinski definition) is 2. The number of aliphatic hydroxyl groups is 1. The van der Waals surface area contributed by atoms with E-state index in [1.54, 1.807) is 4.68 Å². The van der Waals surface area contributed by atoms with Crippen LogP contribution in [0.2, 0.25) is 0 Å². The molecule has 1 aromatic heterocycles. The molecule has 1 aliphatic heterocycles. The van der Waals surface area contributed by atoms with Gasteiger partial charge in [0, 0.05) is 13.5 Å². The van der Waals surface area contributed by atoms with Crippen molar-refractivity contribution in [2.24, 2.45) is 0 Å². The Kier molecular flexibility index (Phi) is 2.20. The Morgan fingerprint density at radius 1 is 1.71 bits per heavy atom. The summed E-state index contributed by atoms with van der Waals surface area (Å²) in [6.07, 6.45) is 1.04. The zero-order valence-electron chi connectivity index (χ0n) is 7.90. The van der Waals surface area contributed by atoms with Crippen molar-refractivity contribution in [2.45, 2.75) is 32.4 Å². The first-order chi connectivity index (χ1) is 6.66. The van der Waals surface area contributed by atoms with Gasteiger partial charge in [0.25, 0.3) is 0 Å². The van der Waals surface area contributed by atoms with Gasteiger partial charge in [-0.2, -0.15) is 4.98 Å². The molecule has 0 bridgehead atoms. The third-order valence-corrected chi connectivity index (χ3v) is 2.13. The molecule has 0 fully saturated rings. The quantitative estimate of drug-likeness (QED) is 0.665. The maximum atomic E-state index is 10.7. The maximum Gasteiger partial charge on any atom is 0.249 e. The SMILES string of the molecule is CC(=O)Nc1nc2n(n1)CCCC2O. The van der Waals surface area contributed by atoms with E-state index in [1.165, 1.54) is 6.92 Å². The standard InChI is InChI=1S/C8H12N4O2/c1-5(13)9-8-10-7-6(14)3-2-4-12(7)11-8/h6,14H,2-4H2,1H3,(H,9,11,13). The summed E-state index contributed by atoms with van der Waals surface area (Å²) in [5, 5.41) is 16.1. The van der Waals surface area contributed by atoms with Crippen LogP contribution < -0.4 is 5.32 Å². The van der Waals surface area contributed by atoms with Crippen molar-refractivity contribution < 1.29 is 9.90 Å². The number of anilines is 1. The minimum absolute atomic E-state index is 0.206. The molecule has 1 unspecified atom stereocenters. The zero-order chi connectivity index (χ0) is 10.1. The summed E-state index contributed by atoms with van der Waals surface area (Å²) in [5.74, 6) is 0.607. The molecule has 1 aliphatic rings. The number of nitrogens with one attached hydrogen (secondary N) is 1. The fourth-order valence-electron chi connectivity index (χ4n) is 1.54. The fourth-order valence-corrected chi connectivity index (χ4v) is 1.54. The van der Waals surface area contributed by atoms with Crippen LogP contribution in [-0.2, 0) is 11.3 Å². The first kappa shape index (κ1) is 9.14. The minimum Gasteiger partial charge on any atom is -0.385 e. The van der Waals surface area contributed by atoms with E-state index in [2.05, 4.69) is 15.4 Å². The van der Waals surface area contributed by atoms with E-state index in [0.717, 1.165) is 13.0 Å². The molecule has 6 nitrogen and oxygen atoms in total. The molecule has 0 saturated heterocycles. The van der Waals surface area contributed by atoms with Gasteiger partial charge in [-0.15, -0.1) is 5.10 Å². The summed E-state index contributed by atoms with van der Waals surface area (Å²) in [4.78, 5) is 14.8. The molecule has 2 N–H and O–H groups in total. The van der Waals surface area contributed by atoms with Gasteiger partial charge in [-0.25, -0.2) is 4.68 Å². The number of aromatic nitrogens is 3. The molecule has 2 heterocycles. The summed E-state index contributed by atoms with van der Waals surface area (Å²) in [6, 6.07) is 0. The molecular formula is C8H12N4O2. The topological polar surface area (TPSA) is 80.0 Å². The molecule has 0 aliphatic carbocycles. The molecule has 14 heavy (non-hydrogen) atoms. The Labute approximate surface area is 80.9 Å². The number of hydrogen-bond acceptors (Lipinski definition) is 4. The van der Waals surface area contributed by atoms with Gasteiger partial charge in [0.2, 0.25) is 11.9 Å². The highest BCUT2D eigenvalue weighted by Gasteiger charge is 2.22. The Balaban J connectivity index is 2.26. The Hall–Kier alpha value is -1.43. The van der Waals surface area contributed by atoms with E-state index in [9.17, 15) is 9.90 Å². The third kappa shape index (κ3) is 1.60. The lowest BCUT2D eigenvalue weighted by atomic mass is 10.1. The summed E-state index contributed by atoms with van der Waals surface area (Å²) >= 11 is 0. The number of nitrogens with zero attached hydrogens (tertiary/aromatic N) is 3. The van der Waals surface area contributed by atoms with Crippen molar-refractivity contribution in [3.05, 3.63) is 5.82 Å². The average Bonchev–Trinajstić information content (AvgIpc) is 2.47. The van der Waals surface area contributed by atoms with Crippen LogP contribution in [0.15, 0.2) is 0 Å². The molecule has 0 saturated carbocycles. The predicted molar refractivity (Wildman–Crippen MR) is 48.5 cm³/mol. The fraction of sp³-hybridized carbons (Fsp3) is 0.625. The Bertz CT molecular complexity index is 360. The summed E-state index contributed by atoms with van der Waals surface area (Å²) in [7, 11) is 0. The van der Waals surface area contributed by atoms with Gasteiger partial charge in [-0.05, 0) is 12.8 Å². The first-order valence-electron chi connectivity index (χ1n) is 4.57. The molecule has 1 atom stereocenters. The van der Waals surface area contributed by atoms with E-state index >= 15 is 0 Å². The number of aliphatic hydroxyl groups excluding tert-OH is 1. The highest BCUT2D eigenvalue weighted by molar-refractivity contribution is 5.86. The molecule has 6 heteroatoms. The second-order valence-electron chi connectivity index (χ2n) is 3.36. The van der Waals surface area contributed by atoms with Crippen molar-refractivity contribution in [3.63, 3.8) is 0 Å². The molecule has 2 rings (SSSR count). The van der Waals surface area contributed by atoms with Gasteiger partial charge in [-0.1, -0.05) is 0 Å². The first-order valence-corrected chi connectivity index (χ1v) is 4.57. The van der Waals surface area contributed by atoms with E-state index in [-0.39, 0.29) is 11.9 Å². The predicted octanol–water partition coefficient (Wildman–Crippen LogP) is 0.0637. The van der Waals surface area contributed by atoms with Crippen molar-refractivity contribution in [1.29, 1.82) is 0 Å². The molecule has 1 amide bonds. The smallest absolute Gasteiger partial charge is 0.249 e. The van der Waals surface area contributed by atoms with Gasteiger partial charge in [0.1, 0.15) is 6.10 Å². The van der Waals surface area contributed by atoms with E-state index in [1.807, 2.05) is 0 Å². The number of aryl methyl sites for hydroxylation is 1. The van der Waals surface area contributed by atoms with Crippen LogP contribution in [0.5, 0.6) is 0 Å². The van der Waals surface area contributed by atoms with E-state index in [0.29, 0.717) is 12.2 Å². The molecule has 0 radical (unpaired) electrons. The van der Waals surface area contributed by atoms with Gasteiger partial charge < -0.3 is 5.11 Å². The zero-order valence-corrected chi connectivity index (χ0v) is 7.90. The number of carbonyl (C=O) groups is 1. The van der Waals surface area contributed by atoms with Crippen LogP contribution in [0, 0.1) is 0 Å². The van der Waals surface area contributed by atoms with Crippen LogP contribution in [0.3, 0.4) is 0 Å². The summed E-state index contributed by atoms with van der Waals surface area (Å²) in [5.41, 5.74) is 0. The van der Waals surface area contributed by atoms with Crippen LogP contribution in [0.1, 0.15) is 31.7 Å². The summed E-state index contributed by atoms with van der Waals surface area (Å²) < 4.78 is 1.64. The Morgan fingerprint density at radius 2 is 2.50 bits per heavy atom. The lowest BCUT2D eigenvalue weighted by Crippen LogP contribution is -2.16. The largest absolute Gasteiger partial charge is 0.385 e. The van der Waals surface area contributed by atoms with Gasteiger partial charge >= 0.3 is 0 Å². The maximum absolute atomic E-state index is 10.7. The lowest BCUT2D eigenvalue weighted by molar-refractivity contribution is -0.114. The number of fused-ring (bicyclic) bond motifs is 1. The van der Waals surface area contributed by atoms with Gasteiger partial charge in [0.05, 0.1) is 0 Å². The van der Waals surface area contributed by atoms with Crippen molar-refractivity contribution >= 4 is 11.9 Å². The Morgan fingerprint density at radius 3 is 3.14 bits per heavy atom. The van der Waals surface area contributed by atoms with E-state index < -0.39 is 6.10 Å². The van der Waals surface area contributed by atoms with Crippen molar-refractivity contribution in [2.75, 3.05) is 5.32 Å². The lowest BCUT2D eigenvalue weighted by Gasteiger charge is -2.16. The molecular weight excluding hydrogens is 184 g/mol. The summed E-state index contributed by atoms with van der Waals surface area (Å²) in [6.45, 7) is 2.15. The second kappa shape index (κ2) is 3.38. The van der Waals surface area contributed by atoms with Crippen LogP contribution in [-0.4, -0.2) is 25.8 Å². The highest BCUT2D eigenvalue weighted by atomic mass is 16.3. The second-order valence-corrected chi connectivity index (χ2v) is 3.36. The highest BCUT2D eigenvalue weighted by Crippen LogP contribution is 2.23. The van der Waals surface area contributed by atoms with E-state index in [4.69, 9.17) is 0 Å². The van der Waals surface area contributed by atoms with Crippen molar-refractivity contribution in [3.8, 4) is 0 Å². The monoisotopic (exact) mass is 196 g/mol. The van der Waals surface area contributed by atoms with Crippen LogP contribution >= 0.6 is 0 Å². The molecule has 1 aromatic rings. The van der Waals surface area contributed by atoms with Crippen LogP contribution in [0.25, 0.3) is 0 Å². The number of carbonyl (C=O) groups excluding carboxylic acids is 1. The van der Waals surface area contributed by atoms with Crippen molar-refractivity contribution in [1.82, 2.24) is 14.8 Å². The average molecular weight is 196 g/mol.